The molecule has 1 fully saturated rings. The quantitative estimate of drug-likeness (QED) is 0.896. The van der Waals surface area contributed by atoms with Crippen molar-refractivity contribution in [2.75, 3.05) is 18.0 Å². The van der Waals surface area contributed by atoms with E-state index >= 15 is 0 Å². The molecule has 0 bridgehead atoms. The van der Waals surface area contributed by atoms with Crippen LogP contribution in [0.15, 0.2) is 18.3 Å². The Morgan fingerprint density at radius 1 is 1.39 bits per heavy atom. The van der Waals surface area contributed by atoms with Crippen LogP contribution in [0.2, 0.25) is 0 Å². The van der Waals surface area contributed by atoms with Crippen LogP contribution >= 0.6 is 0 Å². The van der Waals surface area contributed by atoms with Crippen LogP contribution < -0.4 is 15.5 Å². The van der Waals surface area contributed by atoms with E-state index in [4.69, 9.17) is 0 Å². The molecular formula is C15H21F3N4O. The summed E-state index contributed by atoms with van der Waals surface area (Å²) in [4.78, 5) is 17.5. The maximum atomic E-state index is 12.6. The molecule has 23 heavy (non-hydrogen) atoms. The Balaban J connectivity index is 1.97. The summed E-state index contributed by atoms with van der Waals surface area (Å²) in [5, 5.41) is 5.65. The third kappa shape index (κ3) is 5.01. The summed E-state index contributed by atoms with van der Waals surface area (Å²) in [6.45, 7) is 4.99. The second-order valence-electron chi connectivity index (χ2n) is 5.96. The van der Waals surface area contributed by atoms with Gasteiger partial charge in [-0.3, -0.25) is 0 Å². The summed E-state index contributed by atoms with van der Waals surface area (Å²) in [5.74, 6) is 0.494. The molecule has 5 nitrogen and oxygen atoms in total. The number of anilines is 1. The number of alkyl halides is 3. The largest absolute Gasteiger partial charge is 0.417 e. The SMILES string of the molecule is CC(C)NC(=O)N[C@H]1CCCN(c2ccc(C(F)(F)F)cn2)C1. The highest BCUT2D eigenvalue weighted by atomic mass is 19.4. The van der Waals surface area contributed by atoms with Crippen LogP contribution in [0, 0.1) is 0 Å². The monoisotopic (exact) mass is 330 g/mol. The van der Waals surface area contributed by atoms with Crippen molar-refractivity contribution in [1.29, 1.82) is 0 Å². The topological polar surface area (TPSA) is 57.3 Å². The van der Waals surface area contributed by atoms with Crippen LogP contribution in [0.3, 0.4) is 0 Å². The number of hydrogen-bond acceptors (Lipinski definition) is 3. The van der Waals surface area contributed by atoms with E-state index in [0.717, 1.165) is 25.1 Å². The van der Waals surface area contributed by atoms with Crippen LogP contribution in [0.1, 0.15) is 32.3 Å². The molecule has 8 heteroatoms. The summed E-state index contributed by atoms with van der Waals surface area (Å²) >= 11 is 0. The minimum absolute atomic E-state index is 0.0475. The fourth-order valence-electron chi connectivity index (χ4n) is 2.53. The van der Waals surface area contributed by atoms with Gasteiger partial charge in [-0.05, 0) is 38.8 Å². The van der Waals surface area contributed by atoms with Crippen LogP contribution in [0.25, 0.3) is 0 Å². The molecule has 2 amide bonds. The first kappa shape index (κ1) is 17.4. The van der Waals surface area contributed by atoms with E-state index in [0.29, 0.717) is 18.9 Å². The second kappa shape index (κ2) is 7.06. The van der Waals surface area contributed by atoms with Gasteiger partial charge in [0.05, 0.1) is 5.56 Å². The number of urea groups is 1. The molecule has 1 aliphatic heterocycles. The lowest BCUT2D eigenvalue weighted by molar-refractivity contribution is -0.137. The summed E-state index contributed by atoms with van der Waals surface area (Å²) in [7, 11) is 0. The van der Waals surface area contributed by atoms with Gasteiger partial charge in [0.2, 0.25) is 0 Å². The maximum absolute atomic E-state index is 12.6. The summed E-state index contributed by atoms with van der Waals surface area (Å²) in [6, 6.07) is 2.18. The Morgan fingerprint density at radius 2 is 2.13 bits per heavy atom. The molecule has 0 aromatic carbocycles. The summed E-state index contributed by atoms with van der Waals surface area (Å²) in [6.07, 6.45) is -1.86. The highest BCUT2D eigenvalue weighted by Crippen LogP contribution is 2.29. The molecular weight excluding hydrogens is 309 g/mol. The van der Waals surface area contributed by atoms with E-state index in [1.807, 2.05) is 18.7 Å². The van der Waals surface area contributed by atoms with E-state index < -0.39 is 11.7 Å². The van der Waals surface area contributed by atoms with Gasteiger partial charge in [-0.1, -0.05) is 0 Å². The average Bonchev–Trinajstić information content (AvgIpc) is 2.46. The van der Waals surface area contributed by atoms with Crippen molar-refractivity contribution in [3.63, 3.8) is 0 Å². The summed E-state index contributed by atoms with van der Waals surface area (Å²) < 4.78 is 37.7. The molecule has 0 radical (unpaired) electrons. The van der Waals surface area contributed by atoms with Gasteiger partial charge in [0, 0.05) is 31.4 Å². The average molecular weight is 330 g/mol. The molecule has 1 saturated heterocycles. The number of carbonyl (C=O) groups excluding carboxylic acids is 1. The van der Waals surface area contributed by atoms with Crippen LogP contribution in [-0.4, -0.2) is 36.2 Å². The normalized spacial score (nSPS) is 18.9. The molecule has 1 aromatic rings. The number of halogens is 3. The molecule has 2 N–H and O–H groups in total. The van der Waals surface area contributed by atoms with Crippen molar-refractivity contribution in [3.8, 4) is 0 Å². The van der Waals surface area contributed by atoms with Gasteiger partial charge < -0.3 is 15.5 Å². The maximum Gasteiger partial charge on any atom is 0.417 e. The van der Waals surface area contributed by atoms with Crippen molar-refractivity contribution in [2.45, 2.75) is 44.9 Å². The van der Waals surface area contributed by atoms with Gasteiger partial charge in [0.25, 0.3) is 0 Å². The van der Waals surface area contributed by atoms with E-state index in [1.165, 1.54) is 6.07 Å². The van der Waals surface area contributed by atoms with Crippen molar-refractivity contribution in [2.24, 2.45) is 0 Å². The van der Waals surface area contributed by atoms with Gasteiger partial charge in [0.1, 0.15) is 5.82 Å². The predicted molar refractivity (Wildman–Crippen MR) is 81.3 cm³/mol. The number of carbonyl (C=O) groups is 1. The standard InChI is InChI=1S/C15H21F3N4O/c1-10(2)20-14(23)21-12-4-3-7-22(9-12)13-6-5-11(8-19-13)15(16,17)18/h5-6,8,10,12H,3-4,7,9H2,1-2H3,(H2,20,21,23)/t12-/m0/s1. The predicted octanol–water partition coefficient (Wildman–Crippen LogP) is 2.78. The minimum Gasteiger partial charge on any atom is -0.355 e. The first-order valence-electron chi connectivity index (χ1n) is 7.61. The van der Waals surface area contributed by atoms with Gasteiger partial charge in [0.15, 0.2) is 0 Å². The molecule has 2 rings (SSSR count). The highest BCUT2D eigenvalue weighted by Gasteiger charge is 2.31. The van der Waals surface area contributed by atoms with Gasteiger partial charge >= 0.3 is 12.2 Å². The fourth-order valence-corrected chi connectivity index (χ4v) is 2.53. The molecule has 128 valence electrons. The van der Waals surface area contributed by atoms with Crippen molar-refractivity contribution in [1.82, 2.24) is 15.6 Å². The van der Waals surface area contributed by atoms with E-state index in [9.17, 15) is 18.0 Å². The Morgan fingerprint density at radius 3 is 2.70 bits per heavy atom. The molecule has 1 aliphatic rings. The minimum atomic E-state index is -4.38. The van der Waals surface area contributed by atoms with Crippen LogP contribution in [0.4, 0.5) is 23.8 Å². The van der Waals surface area contributed by atoms with E-state index in [1.54, 1.807) is 0 Å². The number of aromatic nitrogens is 1. The lowest BCUT2D eigenvalue weighted by atomic mass is 10.1. The third-order valence-electron chi connectivity index (χ3n) is 3.58. The van der Waals surface area contributed by atoms with Gasteiger partial charge in [-0.15, -0.1) is 0 Å². The zero-order valence-corrected chi connectivity index (χ0v) is 13.2. The van der Waals surface area contributed by atoms with Crippen LogP contribution in [0.5, 0.6) is 0 Å². The zero-order chi connectivity index (χ0) is 17.0. The third-order valence-corrected chi connectivity index (χ3v) is 3.58. The van der Waals surface area contributed by atoms with Gasteiger partial charge in [-0.25, -0.2) is 9.78 Å². The van der Waals surface area contributed by atoms with Crippen LogP contribution in [-0.2, 0) is 6.18 Å². The molecule has 2 heterocycles. The van der Waals surface area contributed by atoms with Crippen molar-refractivity contribution < 1.29 is 18.0 Å². The Hall–Kier alpha value is -1.99. The smallest absolute Gasteiger partial charge is 0.355 e. The Labute approximate surface area is 133 Å². The van der Waals surface area contributed by atoms with Crippen molar-refractivity contribution in [3.05, 3.63) is 23.9 Å². The molecule has 0 spiro atoms. The molecule has 1 aromatic heterocycles. The summed E-state index contributed by atoms with van der Waals surface area (Å²) in [5.41, 5.74) is -0.760. The number of pyridine rings is 1. The number of nitrogens with one attached hydrogen (secondary N) is 2. The highest BCUT2D eigenvalue weighted by molar-refractivity contribution is 5.74. The molecule has 0 saturated carbocycles. The zero-order valence-electron chi connectivity index (χ0n) is 13.2. The molecule has 0 unspecified atom stereocenters. The van der Waals surface area contributed by atoms with E-state index in [2.05, 4.69) is 15.6 Å². The first-order valence-corrected chi connectivity index (χ1v) is 7.61. The van der Waals surface area contributed by atoms with E-state index in [-0.39, 0.29) is 18.1 Å². The number of nitrogens with zero attached hydrogens (tertiary/aromatic N) is 2. The fraction of sp³-hybridized carbons (Fsp3) is 0.600. The Bertz CT molecular complexity index is 531. The first-order chi connectivity index (χ1) is 10.8. The van der Waals surface area contributed by atoms with Crippen molar-refractivity contribution >= 4 is 11.8 Å². The van der Waals surface area contributed by atoms with Gasteiger partial charge in [-0.2, -0.15) is 13.2 Å². The number of piperidine rings is 1. The Kier molecular flexibility index (Phi) is 5.33. The molecule has 1 atom stereocenters. The lowest BCUT2D eigenvalue weighted by Gasteiger charge is -2.34. The second-order valence-corrected chi connectivity index (χ2v) is 5.96. The number of hydrogen-bond donors (Lipinski definition) is 2. The number of amides is 2. The number of rotatable bonds is 3. The molecule has 0 aliphatic carbocycles. The lowest BCUT2D eigenvalue weighted by Crippen LogP contribution is -2.51.